The fourth-order valence-electron chi connectivity index (χ4n) is 3.21. The molecule has 180 valence electrons. The summed E-state index contributed by atoms with van der Waals surface area (Å²) in [6.45, 7) is -0.233. The molecular weight excluding hydrogens is 500 g/mol. The van der Waals surface area contributed by atoms with Crippen LogP contribution in [0.5, 0.6) is 0 Å². The van der Waals surface area contributed by atoms with E-state index in [0.29, 0.717) is 18.7 Å². The Morgan fingerprint density at radius 2 is 2.18 bits per heavy atom. The van der Waals surface area contributed by atoms with Gasteiger partial charge in [-0.1, -0.05) is 5.16 Å². The number of nitrogens with two attached hydrogens (primary N) is 1. The van der Waals surface area contributed by atoms with Crippen LogP contribution in [-0.2, 0) is 29.1 Å². The lowest BCUT2D eigenvalue weighted by molar-refractivity contribution is -0.143. The van der Waals surface area contributed by atoms with Crippen LogP contribution in [0.15, 0.2) is 21.1 Å². The molecule has 0 radical (unpaired) electrons. The number of fused-ring (bicyclic) bond motifs is 1. The molecule has 0 aliphatic carbocycles. The average molecular weight is 521 g/mol. The Morgan fingerprint density at radius 1 is 1.45 bits per heavy atom. The Balaban J connectivity index is 1.79. The maximum Gasteiger partial charge on any atom is 0.355 e. The molecule has 3 rings (SSSR count). The third-order valence-electron chi connectivity index (χ3n) is 4.70. The lowest BCUT2D eigenvalue weighted by Gasteiger charge is -2.18. The lowest BCUT2D eigenvalue weighted by Crippen LogP contribution is -2.46. The predicted molar refractivity (Wildman–Crippen MR) is 119 cm³/mol. The molecule has 0 unspecified atom stereocenters. The smallest absolute Gasteiger partial charge is 0.355 e. The van der Waals surface area contributed by atoms with Gasteiger partial charge < -0.3 is 21.0 Å². The minimum Gasteiger partial charge on any atom is -0.476 e. The van der Waals surface area contributed by atoms with E-state index in [0.717, 1.165) is 22.6 Å². The van der Waals surface area contributed by atoms with Crippen molar-refractivity contribution in [3.63, 3.8) is 0 Å². The highest BCUT2D eigenvalue weighted by Crippen LogP contribution is 2.31. The van der Waals surface area contributed by atoms with Crippen LogP contribution in [0.3, 0.4) is 0 Å². The number of halogens is 1. The van der Waals surface area contributed by atoms with Crippen molar-refractivity contribution in [2.75, 3.05) is 37.6 Å². The summed E-state index contributed by atoms with van der Waals surface area (Å²) in [6.07, 6.45) is 2.17. The second kappa shape index (κ2) is 10.0. The molecule has 2 aliphatic rings. The van der Waals surface area contributed by atoms with Gasteiger partial charge >= 0.3 is 5.97 Å². The van der Waals surface area contributed by atoms with Gasteiger partial charge in [-0.3, -0.25) is 9.59 Å². The molecule has 1 aromatic heterocycles. The summed E-state index contributed by atoms with van der Waals surface area (Å²) >= 11 is 6.70. The fraction of sp³-hybridized carbons (Fsp3) is 0.471. The average Bonchev–Trinajstić information content (AvgIpc) is 3.40. The summed E-state index contributed by atoms with van der Waals surface area (Å²) in [5, 5.41) is 19.5. The third kappa shape index (κ3) is 5.43. The molecule has 3 heterocycles. The van der Waals surface area contributed by atoms with E-state index in [1.807, 2.05) is 0 Å². The molecule has 4 N–H and O–H groups in total. The summed E-state index contributed by atoms with van der Waals surface area (Å²) in [5.41, 5.74) is 4.92. The van der Waals surface area contributed by atoms with Crippen molar-refractivity contribution >= 4 is 61.4 Å². The number of rotatable bonds is 10. The van der Waals surface area contributed by atoms with Crippen LogP contribution in [-0.4, -0.2) is 89.9 Å². The van der Waals surface area contributed by atoms with Crippen LogP contribution < -0.4 is 11.1 Å². The number of nitrogens with zero attached hydrogens (tertiary/aromatic N) is 4. The first kappa shape index (κ1) is 24.9. The maximum absolute atomic E-state index is 12.9. The Kier molecular flexibility index (Phi) is 7.56. The van der Waals surface area contributed by atoms with Crippen LogP contribution in [0.4, 0.5) is 5.13 Å². The van der Waals surface area contributed by atoms with Crippen molar-refractivity contribution < 1.29 is 32.7 Å². The number of nitrogens with one attached hydrogen (secondary N) is 1. The number of hydrogen-bond acceptors (Lipinski definition) is 11. The second-order valence-corrected chi connectivity index (χ2v) is 10.4. The van der Waals surface area contributed by atoms with E-state index in [4.69, 9.17) is 22.2 Å². The van der Waals surface area contributed by atoms with Gasteiger partial charge in [0.2, 0.25) is 0 Å². The Morgan fingerprint density at radius 3 is 2.76 bits per heavy atom. The van der Waals surface area contributed by atoms with Crippen molar-refractivity contribution in [3.05, 3.63) is 21.7 Å². The zero-order valence-corrected chi connectivity index (χ0v) is 19.7. The summed E-state index contributed by atoms with van der Waals surface area (Å²) in [4.78, 5) is 46.3. The molecule has 2 amide bonds. The number of hydrogen-bond donors (Lipinski definition) is 3. The molecule has 0 saturated carbocycles. The van der Waals surface area contributed by atoms with Gasteiger partial charge in [0.1, 0.15) is 18.3 Å². The van der Waals surface area contributed by atoms with Crippen molar-refractivity contribution in [2.24, 2.45) is 5.16 Å². The molecule has 1 fully saturated rings. The fourth-order valence-corrected chi connectivity index (χ4v) is 4.86. The number of amides is 2. The molecule has 0 aromatic carbocycles. The number of aromatic nitrogens is 1. The molecule has 1 atom stereocenters. The summed E-state index contributed by atoms with van der Waals surface area (Å²) < 4.78 is 23.9. The van der Waals surface area contributed by atoms with Crippen molar-refractivity contribution in [3.8, 4) is 0 Å². The number of carboxylic acids is 1. The van der Waals surface area contributed by atoms with Crippen LogP contribution in [0.2, 0.25) is 0 Å². The predicted octanol–water partition coefficient (Wildman–Crippen LogP) is -0.637. The van der Waals surface area contributed by atoms with Gasteiger partial charge in [-0.15, -0.1) is 22.9 Å². The number of nitrogen functional groups attached to an aromatic ring is 1. The number of sulfone groups is 1. The van der Waals surface area contributed by atoms with Crippen LogP contribution in [0.1, 0.15) is 18.5 Å². The van der Waals surface area contributed by atoms with E-state index in [2.05, 4.69) is 15.5 Å². The van der Waals surface area contributed by atoms with E-state index in [1.54, 1.807) is 0 Å². The Hall–Kier alpha value is -2.75. The first-order chi connectivity index (χ1) is 15.5. The van der Waals surface area contributed by atoms with E-state index in [9.17, 15) is 27.9 Å². The first-order valence-corrected chi connectivity index (χ1v) is 12.9. The minimum absolute atomic E-state index is 0.135. The molecule has 0 spiro atoms. The number of thiazole rings is 1. The Bertz CT molecular complexity index is 1130. The summed E-state index contributed by atoms with van der Waals surface area (Å²) in [5.74, 6) is -2.70. The van der Waals surface area contributed by atoms with E-state index >= 15 is 0 Å². The highest BCUT2D eigenvalue weighted by molar-refractivity contribution is 7.94. The SMILES string of the molecule is CS(=O)(=O)C1=C(C(=O)O)N2C(=O)[C@@H](NC(=O)/C(=N/OCCCCCl)c3csc(N)n3)CN2C1. The number of carboxylic acid groups (broad SMARTS) is 1. The number of hydrazine groups is 1. The number of carbonyl (C=O) groups excluding carboxylic acids is 2. The highest BCUT2D eigenvalue weighted by Gasteiger charge is 2.50. The van der Waals surface area contributed by atoms with Crippen molar-refractivity contribution in [1.29, 1.82) is 0 Å². The monoisotopic (exact) mass is 520 g/mol. The second-order valence-electron chi connectivity index (χ2n) is 7.11. The van der Waals surface area contributed by atoms with Gasteiger partial charge in [-0.25, -0.2) is 28.2 Å². The molecule has 2 aliphatic heterocycles. The standard InChI is InChI=1S/C17H21ClN6O7S2/c1-33(29,30)11-7-23-6-9(15(26)24(23)13(11)16(27)28)20-14(25)12(10-8-32-17(19)21-10)22-31-5-3-2-4-18/h8-9H,2-7H2,1H3,(H2,19,21)(H,20,25)(H,27,28)/b22-12+/t9-/m0/s1. The Labute approximate surface area is 197 Å². The van der Waals surface area contributed by atoms with Crippen molar-refractivity contribution in [2.45, 2.75) is 18.9 Å². The van der Waals surface area contributed by atoms with Crippen LogP contribution in [0.25, 0.3) is 0 Å². The molecule has 13 nitrogen and oxygen atoms in total. The van der Waals surface area contributed by atoms with Crippen LogP contribution >= 0.6 is 22.9 Å². The molecule has 33 heavy (non-hydrogen) atoms. The third-order valence-corrected chi connectivity index (χ3v) is 6.85. The molecule has 0 bridgehead atoms. The topological polar surface area (TPSA) is 185 Å². The van der Waals surface area contributed by atoms with E-state index in [1.165, 1.54) is 10.4 Å². The van der Waals surface area contributed by atoms with Gasteiger partial charge in [0, 0.05) is 24.1 Å². The summed E-state index contributed by atoms with van der Waals surface area (Å²) in [6, 6.07) is -1.15. The van der Waals surface area contributed by atoms with Crippen molar-refractivity contribution in [1.82, 2.24) is 20.3 Å². The number of unbranched alkanes of at least 4 members (excludes halogenated alkanes) is 1. The van der Waals surface area contributed by atoms with E-state index in [-0.39, 0.29) is 41.1 Å². The molecule has 1 aromatic rings. The zero-order valence-electron chi connectivity index (χ0n) is 17.4. The number of aliphatic carboxylic acids is 1. The maximum atomic E-state index is 12.9. The van der Waals surface area contributed by atoms with Crippen LogP contribution in [0, 0.1) is 0 Å². The van der Waals surface area contributed by atoms with Gasteiger partial charge in [0.25, 0.3) is 11.8 Å². The number of carbonyl (C=O) groups is 3. The van der Waals surface area contributed by atoms with Gasteiger partial charge in [-0.2, -0.15) is 0 Å². The zero-order chi connectivity index (χ0) is 24.3. The molecule has 16 heteroatoms. The number of alkyl halides is 1. The first-order valence-electron chi connectivity index (χ1n) is 9.58. The normalized spacial score (nSPS) is 19.2. The molecular formula is C17H21ClN6O7S2. The van der Waals surface area contributed by atoms with E-state index < -0.39 is 39.4 Å². The number of oxime groups is 1. The lowest BCUT2D eigenvalue weighted by atomic mass is 10.2. The van der Waals surface area contributed by atoms with Gasteiger partial charge in [0.15, 0.2) is 26.4 Å². The number of anilines is 1. The minimum atomic E-state index is -3.85. The quantitative estimate of drug-likeness (QED) is 0.155. The van der Waals surface area contributed by atoms with Gasteiger partial charge in [-0.05, 0) is 12.8 Å². The largest absolute Gasteiger partial charge is 0.476 e. The highest BCUT2D eigenvalue weighted by atomic mass is 35.5. The molecule has 1 saturated heterocycles. The summed E-state index contributed by atoms with van der Waals surface area (Å²) in [7, 11) is -3.85. The van der Waals surface area contributed by atoms with Gasteiger partial charge in [0.05, 0.1) is 11.4 Å².